The van der Waals surface area contributed by atoms with Crippen molar-refractivity contribution in [1.82, 2.24) is 5.43 Å². The average molecular weight is 516 g/mol. The summed E-state index contributed by atoms with van der Waals surface area (Å²) in [5, 5.41) is 7.90. The van der Waals surface area contributed by atoms with Crippen LogP contribution in [0.2, 0.25) is 10.0 Å². The molecule has 3 aromatic rings. The molecule has 0 spiro atoms. The van der Waals surface area contributed by atoms with Gasteiger partial charge in [0.05, 0.1) is 17.8 Å². The van der Waals surface area contributed by atoms with Gasteiger partial charge in [-0.1, -0.05) is 29.3 Å². The van der Waals surface area contributed by atoms with Crippen molar-refractivity contribution >= 4 is 46.4 Å². The molecule has 8 nitrogen and oxygen atoms in total. The topological polar surface area (TPSA) is 102 Å². The van der Waals surface area contributed by atoms with Gasteiger partial charge in [-0.05, 0) is 50.1 Å². The molecule has 0 aliphatic heterocycles. The molecule has 1 aliphatic rings. The van der Waals surface area contributed by atoms with Gasteiger partial charge in [0.15, 0.2) is 12.4 Å². The Balaban J connectivity index is 1.45. The second kappa shape index (κ2) is 10.8. The molecule has 0 radical (unpaired) electrons. The third-order valence-electron chi connectivity index (χ3n) is 5.43. The van der Waals surface area contributed by atoms with E-state index in [4.69, 9.17) is 37.1 Å². The molecule has 0 fully saturated rings. The standard InChI is InChI=1S/C25H23Cl2N3O5/c1-14-23-19(29-30-22(31)13-34-20-10-9-15(26)11-18(20)27)7-4-8-21(23)35-24(14)25(32)28-16-5-3-6-17(12-16)33-2/h3,5-6,9-12H,4,7-8,13H2,1-2H3,(H,28,32)(H,30,31)/b29-19+. The predicted molar refractivity (Wildman–Crippen MR) is 134 cm³/mol. The van der Waals surface area contributed by atoms with E-state index in [0.29, 0.717) is 57.1 Å². The Labute approximate surface area is 212 Å². The summed E-state index contributed by atoms with van der Waals surface area (Å²) in [6.07, 6.45) is 2.09. The van der Waals surface area contributed by atoms with E-state index in [1.807, 2.05) is 0 Å². The molecule has 10 heteroatoms. The number of carbonyl (C=O) groups excluding carboxylic acids is 2. The number of aryl methyl sites for hydroxylation is 1. The second-order valence-electron chi connectivity index (χ2n) is 7.85. The molecular weight excluding hydrogens is 493 g/mol. The summed E-state index contributed by atoms with van der Waals surface area (Å²) in [5.41, 5.74) is 5.15. The maximum Gasteiger partial charge on any atom is 0.291 e. The number of hydrogen-bond acceptors (Lipinski definition) is 6. The van der Waals surface area contributed by atoms with Gasteiger partial charge in [-0.3, -0.25) is 9.59 Å². The van der Waals surface area contributed by atoms with E-state index in [1.165, 1.54) is 6.07 Å². The van der Waals surface area contributed by atoms with Gasteiger partial charge in [0, 0.05) is 34.3 Å². The molecule has 2 amide bonds. The third kappa shape index (κ3) is 5.78. The SMILES string of the molecule is COc1cccc(NC(=O)c2oc3c(c2C)/C(=N/NC(=O)COc2ccc(Cl)cc2Cl)CCC3)c1. The van der Waals surface area contributed by atoms with E-state index in [1.54, 1.807) is 50.4 Å². The van der Waals surface area contributed by atoms with Crippen LogP contribution in [0.3, 0.4) is 0 Å². The van der Waals surface area contributed by atoms with Gasteiger partial charge >= 0.3 is 0 Å². The zero-order valence-corrected chi connectivity index (χ0v) is 20.6. The van der Waals surface area contributed by atoms with E-state index in [9.17, 15) is 9.59 Å². The van der Waals surface area contributed by atoms with E-state index in [-0.39, 0.29) is 18.3 Å². The van der Waals surface area contributed by atoms with E-state index in [2.05, 4.69) is 15.8 Å². The number of methoxy groups -OCH3 is 1. The maximum atomic E-state index is 12.9. The number of amides is 2. The highest BCUT2D eigenvalue weighted by atomic mass is 35.5. The number of hydrogen-bond donors (Lipinski definition) is 2. The van der Waals surface area contributed by atoms with E-state index in [0.717, 1.165) is 12.0 Å². The second-order valence-corrected chi connectivity index (χ2v) is 8.69. The van der Waals surface area contributed by atoms with Crippen molar-refractivity contribution in [2.45, 2.75) is 26.2 Å². The Kier molecular flexibility index (Phi) is 7.63. The molecule has 0 saturated heterocycles. The Morgan fingerprint density at radius 2 is 1.97 bits per heavy atom. The minimum Gasteiger partial charge on any atom is -0.497 e. The molecule has 1 aliphatic carbocycles. The van der Waals surface area contributed by atoms with Gasteiger partial charge < -0.3 is 19.2 Å². The fourth-order valence-corrected chi connectivity index (χ4v) is 4.25. The molecule has 1 heterocycles. The molecule has 35 heavy (non-hydrogen) atoms. The van der Waals surface area contributed by atoms with Gasteiger partial charge in [0.25, 0.3) is 11.8 Å². The lowest BCUT2D eigenvalue weighted by Gasteiger charge is -2.13. The average Bonchev–Trinajstić information content (AvgIpc) is 3.19. The lowest BCUT2D eigenvalue weighted by Crippen LogP contribution is -2.27. The van der Waals surface area contributed by atoms with E-state index < -0.39 is 5.91 Å². The van der Waals surface area contributed by atoms with Crippen LogP contribution in [0.4, 0.5) is 5.69 Å². The quantitative estimate of drug-likeness (QED) is 0.410. The number of anilines is 1. The number of fused-ring (bicyclic) bond motifs is 1. The molecular formula is C25H23Cl2N3O5. The smallest absolute Gasteiger partial charge is 0.291 e. The summed E-state index contributed by atoms with van der Waals surface area (Å²) >= 11 is 11.9. The van der Waals surface area contributed by atoms with Crippen molar-refractivity contribution in [1.29, 1.82) is 0 Å². The molecule has 4 rings (SSSR count). The minimum absolute atomic E-state index is 0.208. The molecule has 0 atom stereocenters. The fraction of sp³-hybridized carbons (Fsp3) is 0.240. The number of nitrogens with one attached hydrogen (secondary N) is 2. The zero-order valence-electron chi connectivity index (χ0n) is 19.1. The number of hydrazone groups is 1. The van der Waals surface area contributed by atoms with Crippen LogP contribution in [0.15, 0.2) is 52.0 Å². The first-order chi connectivity index (χ1) is 16.9. The molecule has 1 aromatic heterocycles. The number of ether oxygens (including phenoxy) is 2. The Hall–Kier alpha value is -3.49. The number of rotatable bonds is 7. The van der Waals surface area contributed by atoms with Gasteiger partial charge in [-0.15, -0.1) is 0 Å². The summed E-state index contributed by atoms with van der Waals surface area (Å²) < 4.78 is 16.5. The molecule has 2 aromatic carbocycles. The largest absolute Gasteiger partial charge is 0.497 e. The summed E-state index contributed by atoms with van der Waals surface area (Å²) in [4.78, 5) is 25.2. The first-order valence-electron chi connectivity index (χ1n) is 10.9. The van der Waals surface area contributed by atoms with Crippen molar-refractivity contribution in [2.75, 3.05) is 19.0 Å². The van der Waals surface area contributed by atoms with Crippen LogP contribution >= 0.6 is 23.2 Å². The van der Waals surface area contributed by atoms with Crippen molar-refractivity contribution in [3.63, 3.8) is 0 Å². The Morgan fingerprint density at radius 3 is 2.74 bits per heavy atom. The first kappa shape index (κ1) is 24.6. The Morgan fingerprint density at radius 1 is 1.14 bits per heavy atom. The van der Waals surface area contributed by atoms with Crippen LogP contribution in [-0.2, 0) is 11.2 Å². The summed E-state index contributed by atoms with van der Waals surface area (Å²) in [7, 11) is 1.56. The molecule has 0 bridgehead atoms. The third-order valence-corrected chi connectivity index (χ3v) is 5.96. The molecule has 2 N–H and O–H groups in total. The van der Waals surface area contributed by atoms with Gasteiger partial charge in [-0.25, -0.2) is 5.43 Å². The maximum absolute atomic E-state index is 12.9. The highest BCUT2D eigenvalue weighted by Gasteiger charge is 2.28. The minimum atomic E-state index is -0.451. The van der Waals surface area contributed by atoms with Crippen molar-refractivity contribution < 1.29 is 23.5 Å². The predicted octanol–water partition coefficient (Wildman–Crippen LogP) is 5.39. The van der Waals surface area contributed by atoms with Crippen LogP contribution < -0.4 is 20.2 Å². The molecule has 0 saturated carbocycles. The number of furan rings is 1. The normalized spacial score (nSPS) is 13.8. The van der Waals surface area contributed by atoms with Crippen LogP contribution in [0, 0.1) is 6.92 Å². The van der Waals surface area contributed by atoms with Crippen molar-refractivity contribution in [3.05, 3.63) is 75.2 Å². The molecule has 182 valence electrons. The summed E-state index contributed by atoms with van der Waals surface area (Å²) in [6.45, 7) is 1.53. The van der Waals surface area contributed by atoms with Crippen LogP contribution in [0.1, 0.15) is 40.3 Å². The van der Waals surface area contributed by atoms with Gasteiger partial charge in [0.2, 0.25) is 0 Å². The molecule has 0 unspecified atom stereocenters. The van der Waals surface area contributed by atoms with Gasteiger partial charge in [-0.2, -0.15) is 5.10 Å². The lowest BCUT2D eigenvalue weighted by atomic mass is 9.93. The van der Waals surface area contributed by atoms with Crippen LogP contribution in [0.5, 0.6) is 11.5 Å². The number of benzene rings is 2. The number of nitrogens with zero attached hydrogens (tertiary/aromatic N) is 1. The highest BCUT2D eigenvalue weighted by Crippen LogP contribution is 2.31. The first-order valence-corrected chi connectivity index (χ1v) is 11.6. The van der Waals surface area contributed by atoms with Crippen molar-refractivity contribution in [3.8, 4) is 11.5 Å². The van der Waals surface area contributed by atoms with Gasteiger partial charge in [0.1, 0.15) is 17.3 Å². The lowest BCUT2D eigenvalue weighted by molar-refractivity contribution is -0.123. The van der Waals surface area contributed by atoms with Crippen molar-refractivity contribution in [2.24, 2.45) is 5.10 Å². The van der Waals surface area contributed by atoms with Crippen LogP contribution in [0.25, 0.3) is 0 Å². The number of halogens is 2. The monoisotopic (exact) mass is 515 g/mol. The van der Waals surface area contributed by atoms with Crippen LogP contribution in [-0.4, -0.2) is 31.2 Å². The number of carbonyl (C=O) groups is 2. The highest BCUT2D eigenvalue weighted by molar-refractivity contribution is 6.35. The Bertz CT molecular complexity index is 1300. The summed E-state index contributed by atoms with van der Waals surface area (Å²) in [5.74, 6) is 1.03. The van der Waals surface area contributed by atoms with E-state index >= 15 is 0 Å². The summed E-state index contributed by atoms with van der Waals surface area (Å²) in [6, 6.07) is 11.8. The zero-order chi connectivity index (χ0) is 24.9. The fourth-order valence-electron chi connectivity index (χ4n) is 3.78.